The van der Waals surface area contributed by atoms with E-state index in [9.17, 15) is 0 Å². The van der Waals surface area contributed by atoms with Gasteiger partial charge in [-0.05, 0) is 109 Å². The smallest absolute Gasteiger partial charge is 0.135 e. The lowest BCUT2D eigenvalue weighted by molar-refractivity contribution is 0.641. The van der Waals surface area contributed by atoms with Gasteiger partial charge in [-0.2, -0.15) is 0 Å². The highest BCUT2D eigenvalue weighted by atomic mass is 32.2. The lowest BCUT2D eigenvalue weighted by Crippen LogP contribution is -2.22. The Labute approximate surface area is 347 Å². The highest BCUT2D eigenvalue weighted by Gasteiger charge is 2.27. The molecule has 2 aliphatic rings. The van der Waals surface area contributed by atoms with E-state index in [0.29, 0.717) is 11.2 Å². The summed E-state index contributed by atoms with van der Waals surface area (Å²) in [5.41, 5.74) is 12.6. The quantitative estimate of drug-likeness (QED) is 0.154. The minimum atomic E-state index is 0.656. The number of benzene rings is 8. The number of hydrogen-bond acceptors (Lipinski definition) is 2. The van der Waals surface area contributed by atoms with E-state index in [0.717, 1.165) is 11.2 Å². The van der Waals surface area contributed by atoms with Crippen molar-refractivity contribution in [2.75, 3.05) is 0 Å². The maximum Gasteiger partial charge on any atom is 0.135 e. The fourth-order valence-electron chi connectivity index (χ4n) is 7.82. The van der Waals surface area contributed by atoms with Crippen LogP contribution >= 0.6 is 11.8 Å². The predicted molar refractivity (Wildman–Crippen MR) is 252 cm³/mol. The molecule has 1 aliphatic heterocycles. The van der Waals surface area contributed by atoms with Crippen LogP contribution in [0, 0.1) is 33.6 Å². The summed E-state index contributed by atoms with van der Waals surface area (Å²) in [5.74, 6) is 0.704. The van der Waals surface area contributed by atoms with Crippen LogP contribution in [0.1, 0.15) is 34.7 Å². The van der Waals surface area contributed by atoms with E-state index in [1.165, 1.54) is 88.2 Å². The van der Waals surface area contributed by atoms with Crippen LogP contribution in [-0.4, -0.2) is 5.25 Å². The molecule has 1 aromatic heterocycles. The van der Waals surface area contributed by atoms with Crippen molar-refractivity contribution in [2.24, 2.45) is 5.92 Å². The fraction of sp³-hybridized carbons (Fsp3) is 0.143. The first kappa shape index (κ1) is 38.8. The van der Waals surface area contributed by atoms with Crippen molar-refractivity contribution in [1.82, 2.24) is 0 Å². The van der Waals surface area contributed by atoms with Gasteiger partial charge in [-0.15, -0.1) is 11.8 Å². The Hall–Kier alpha value is -6.09. The zero-order chi connectivity index (χ0) is 40.0. The van der Waals surface area contributed by atoms with Crippen molar-refractivity contribution in [3.63, 3.8) is 0 Å². The monoisotopic (exact) mass is 770 g/mol. The Morgan fingerprint density at radius 1 is 0.466 bits per heavy atom. The second-order valence-corrected chi connectivity index (χ2v) is 16.9. The molecule has 0 spiro atoms. The van der Waals surface area contributed by atoms with E-state index in [-0.39, 0.29) is 0 Å². The molecular weight excluding hydrogens is 721 g/mol. The van der Waals surface area contributed by atoms with Crippen LogP contribution in [0.4, 0.5) is 0 Å². The van der Waals surface area contributed by atoms with Crippen LogP contribution in [0.2, 0.25) is 0 Å². The maximum absolute atomic E-state index is 5.73. The average Bonchev–Trinajstić information content (AvgIpc) is 3.62. The van der Waals surface area contributed by atoms with Crippen LogP contribution < -0.4 is 0 Å². The average molecular weight is 771 g/mol. The summed E-state index contributed by atoms with van der Waals surface area (Å²) in [6, 6.07) is 60.1. The second kappa shape index (κ2) is 17.6. The molecule has 2 heteroatoms. The minimum absolute atomic E-state index is 0.656. The number of hydrogen-bond donors (Lipinski definition) is 0. The van der Waals surface area contributed by atoms with Gasteiger partial charge in [-0.3, -0.25) is 0 Å². The normalized spacial score (nSPS) is 15.2. The number of thioether (sulfide) groups is 1. The first-order valence-corrected chi connectivity index (χ1v) is 21.2. The minimum Gasteiger partial charge on any atom is -0.456 e. The number of aryl methyl sites for hydroxylation is 4. The van der Waals surface area contributed by atoms with Gasteiger partial charge in [0.25, 0.3) is 0 Å². The molecule has 0 amide bonds. The molecule has 0 fully saturated rings. The highest BCUT2D eigenvalue weighted by molar-refractivity contribution is 8.00. The number of fused-ring (bicyclic) bond motifs is 8. The summed E-state index contributed by atoms with van der Waals surface area (Å²) >= 11 is 2.01. The summed E-state index contributed by atoms with van der Waals surface area (Å²) in [4.78, 5) is 1.47. The second-order valence-electron chi connectivity index (χ2n) is 15.7. The third kappa shape index (κ3) is 9.04. The van der Waals surface area contributed by atoms with Crippen LogP contribution in [0.3, 0.4) is 0 Å². The number of rotatable bonds is 1. The van der Waals surface area contributed by atoms with E-state index < -0.39 is 0 Å². The Morgan fingerprint density at radius 2 is 1.02 bits per heavy atom. The third-order valence-electron chi connectivity index (χ3n) is 11.0. The van der Waals surface area contributed by atoms with Crippen LogP contribution in [0.15, 0.2) is 203 Å². The van der Waals surface area contributed by atoms with E-state index in [2.05, 4.69) is 205 Å². The molecule has 0 bridgehead atoms. The zero-order valence-electron chi connectivity index (χ0n) is 34.1. The zero-order valence-corrected chi connectivity index (χ0v) is 34.9. The topological polar surface area (TPSA) is 13.1 Å². The number of para-hydroxylation sites is 1. The molecule has 2 heterocycles. The van der Waals surface area contributed by atoms with Crippen molar-refractivity contribution in [3.05, 3.63) is 221 Å². The fourth-order valence-corrected chi connectivity index (χ4v) is 9.08. The first-order valence-electron chi connectivity index (χ1n) is 20.3. The first-order chi connectivity index (χ1) is 28.3. The molecule has 8 aromatic carbocycles. The van der Waals surface area contributed by atoms with E-state index in [1.54, 1.807) is 0 Å². The van der Waals surface area contributed by atoms with E-state index >= 15 is 0 Å². The molecule has 1 nitrogen and oxygen atoms in total. The SMILES string of the molecule is CC1=CC2Cc3ccccc3SC2C=C1.Cc1ccc(-c2ccc(C)cc2)cc1.Cc1ccc2c(c1)oc1ccccc12.Cc1ccc2c(ccc3ccccc32)c1. The summed E-state index contributed by atoms with van der Waals surface area (Å²) < 4.78 is 5.73. The van der Waals surface area contributed by atoms with Crippen molar-refractivity contribution in [1.29, 1.82) is 0 Å². The molecule has 0 saturated heterocycles. The van der Waals surface area contributed by atoms with Crippen molar-refractivity contribution < 1.29 is 4.42 Å². The van der Waals surface area contributed by atoms with Gasteiger partial charge in [0.15, 0.2) is 0 Å². The standard InChI is InChI=1S/C15H12.C14H14S.C14H14.C13H10O/c1-11-6-9-15-13(10-11)8-7-12-4-2-3-5-14(12)15;1-10-6-7-14-12(8-10)9-11-4-2-3-5-13(11)15-14;1-11-3-7-13(8-4-11)14-9-5-12(2)6-10-14;1-9-6-7-11-10-4-2-3-5-12(10)14-13(11)8-9/h2-10H,1H3;2-8,12,14H,9H2,1H3;3-10H,1-2H3;2-8H,1H3. The van der Waals surface area contributed by atoms with Gasteiger partial charge < -0.3 is 4.42 Å². The van der Waals surface area contributed by atoms with Gasteiger partial charge >= 0.3 is 0 Å². The molecule has 1 aliphatic carbocycles. The van der Waals surface area contributed by atoms with Gasteiger partial charge in [-0.25, -0.2) is 0 Å². The Kier molecular flexibility index (Phi) is 11.8. The molecule has 58 heavy (non-hydrogen) atoms. The lowest BCUT2D eigenvalue weighted by Gasteiger charge is -2.31. The van der Waals surface area contributed by atoms with E-state index in [1.807, 2.05) is 30.0 Å². The van der Waals surface area contributed by atoms with E-state index in [4.69, 9.17) is 4.42 Å². The Balaban J connectivity index is 0.000000108. The van der Waals surface area contributed by atoms with Crippen LogP contribution in [-0.2, 0) is 6.42 Å². The summed E-state index contributed by atoms with van der Waals surface area (Å²) in [6.07, 6.45) is 8.24. The molecule has 2 atom stereocenters. The molecule has 286 valence electrons. The van der Waals surface area contributed by atoms with Crippen molar-refractivity contribution in [3.8, 4) is 11.1 Å². The molecule has 0 saturated carbocycles. The van der Waals surface area contributed by atoms with Gasteiger partial charge in [0.2, 0.25) is 0 Å². The molecule has 0 N–H and O–H groups in total. The van der Waals surface area contributed by atoms with Crippen LogP contribution in [0.25, 0.3) is 54.6 Å². The summed E-state index contributed by atoms with van der Waals surface area (Å²) in [7, 11) is 0. The third-order valence-corrected chi connectivity index (χ3v) is 12.4. The summed E-state index contributed by atoms with van der Waals surface area (Å²) in [6.45, 7) is 10.6. The number of allylic oxidation sites excluding steroid dienone is 3. The lowest BCUT2D eigenvalue weighted by atomic mass is 9.90. The summed E-state index contributed by atoms with van der Waals surface area (Å²) in [5, 5.41) is 8.38. The van der Waals surface area contributed by atoms with Gasteiger partial charge in [0.05, 0.1) is 0 Å². The van der Waals surface area contributed by atoms with Crippen molar-refractivity contribution >= 4 is 55.2 Å². The highest BCUT2D eigenvalue weighted by Crippen LogP contribution is 2.41. The van der Waals surface area contributed by atoms with Crippen molar-refractivity contribution in [2.45, 2.75) is 51.2 Å². The Bertz CT molecular complexity index is 2850. The Morgan fingerprint density at radius 3 is 1.76 bits per heavy atom. The molecular formula is C56H50OS. The molecule has 9 aromatic rings. The largest absolute Gasteiger partial charge is 0.456 e. The molecule has 2 unspecified atom stereocenters. The maximum atomic E-state index is 5.73. The predicted octanol–water partition coefficient (Wildman–Crippen LogP) is 16.0. The van der Waals surface area contributed by atoms with Gasteiger partial charge in [0.1, 0.15) is 11.2 Å². The molecule has 11 rings (SSSR count). The molecule has 0 radical (unpaired) electrons. The number of furan rings is 1. The van der Waals surface area contributed by atoms with Crippen LogP contribution in [0.5, 0.6) is 0 Å². The van der Waals surface area contributed by atoms with Gasteiger partial charge in [-0.1, -0.05) is 192 Å². The van der Waals surface area contributed by atoms with Gasteiger partial charge in [0, 0.05) is 20.9 Å².